The first-order valence-corrected chi connectivity index (χ1v) is 10.3. The van der Waals surface area contributed by atoms with Gasteiger partial charge in [0.1, 0.15) is 5.75 Å². The summed E-state index contributed by atoms with van der Waals surface area (Å²) in [6.07, 6.45) is 8.10. The van der Waals surface area contributed by atoms with Crippen LogP contribution in [0.1, 0.15) is 32.1 Å². The monoisotopic (exact) mass is 403 g/mol. The summed E-state index contributed by atoms with van der Waals surface area (Å²) in [6.45, 7) is 0.658. The Labute approximate surface area is 176 Å². The van der Waals surface area contributed by atoms with Gasteiger partial charge in [0.2, 0.25) is 5.82 Å². The standard InChI is InChI=1S/C24H25N3O3/c28-22(25-16-15-18-7-3-1-4-8-18)17-29-21-13-11-20(12-14-21)24-26-23(27-30-24)19-9-5-2-6-10-19/h2,5-7,9-14H,1,3-4,8,15-17H2,(H,25,28). The lowest BCUT2D eigenvalue weighted by Gasteiger charge is -2.13. The van der Waals surface area contributed by atoms with Crippen LogP contribution in [0.5, 0.6) is 5.75 Å². The number of benzene rings is 2. The van der Waals surface area contributed by atoms with Gasteiger partial charge in [0.15, 0.2) is 6.61 Å². The molecule has 0 aliphatic heterocycles. The molecule has 3 aromatic rings. The van der Waals surface area contributed by atoms with E-state index in [9.17, 15) is 4.79 Å². The second-order valence-corrected chi connectivity index (χ2v) is 7.31. The number of carbonyl (C=O) groups excluding carboxylic acids is 1. The largest absolute Gasteiger partial charge is 0.484 e. The van der Waals surface area contributed by atoms with E-state index in [4.69, 9.17) is 9.26 Å². The third-order valence-electron chi connectivity index (χ3n) is 5.08. The minimum Gasteiger partial charge on any atom is -0.484 e. The van der Waals surface area contributed by atoms with Crippen molar-refractivity contribution < 1.29 is 14.1 Å². The predicted octanol–water partition coefficient (Wildman–Crippen LogP) is 4.79. The summed E-state index contributed by atoms with van der Waals surface area (Å²) in [4.78, 5) is 16.4. The molecule has 1 heterocycles. The van der Waals surface area contributed by atoms with Gasteiger partial charge >= 0.3 is 0 Å². The van der Waals surface area contributed by atoms with E-state index in [0.717, 1.165) is 24.0 Å². The van der Waals surface area contributed by atoms with Gasteiger partial charge in [-0.1, -0.05) is 47.1 Å². The molecule has 1 amide bonds. The van der Waals surface area contributed by atoms with Gasteiger partial charge in [0, 0.05) is 17.7 Å². The van der Waals surface area contributed by atoms with E-state index < -0.39 is 0 Å². The molecule has 1 aromatic heterocycles. The van der Waals surface area contributed by atoms with Crippen LogP contribution in [-0.2, 0) is 4.79 Å². The summed E-state index contributed by atoms with van der Waals surface area (Å²) in [6, 6.07) is 16.9. The second-order valence-electron chi connectivity index (χ2n) is 7.31. The van der Waals surface area contributed by atoms with Crippen molar-refractivity contribution in [2.24, 2.45) is 0 Å². The first kappa shape index (κ1) is 19.9. The van der Waals surface area contributed by atoms with Gasteiger partial charge in [-0.25, -0.2) is 0 Å². The summed E-state index contributed by atoms with van der Waals surface area (Å²) in [7, 11) is 0. The lowest BCUT2D eigenvalue weighted by Crippen LogP contribution is -2.29. The number of amides is 1. The van der Waals surface area contributed by atoms with Gasteiger partial charge in [-0.2, -0.15) is 4.98 Å². The molecule has 6 nitrogen and oxygen atoms in total. The highest BCUT2D eigenvalue weighted by molar-refractivity contribution is 5.77. The Hall–Kier alpha value is -3.41. The van der Waals surface area contributed by atoms with Crippen LogP contribution < -0.4 is 10.1 Å². The van der Waals surface area contributed by atoms with Crippen molar-refractivity contribution in [1.82, 2.24) is 15.5 Å². The summed E-state index contributed by atoms with van der Waals surface area (Å²) in [5.41, 5.74) is 3.15. The average molecular weight is 403 g/mol. The smallest absolute Gasteiger partial charge is 0.258 e. The molecule has 30 heavy (non-hydrogen) atoms. The zero-order valence-corrected chi connectivity index (χ0v) is 16.8. The van der Waals surface area contributed by atoms with Crippen LogP contribution in [0, 0.1) is 0 Å². The Morgan fingerprint density at radius 1 is 1.03 bits per heavy atom. The minimum atomic E-state index is -0.111. The summed E-state index contributed by atoms with van der Waals surface area (Å²) >= 11 is 0. The number of nitrogens with zero attached hydrogens (tertiary/aromatic N) is 2. The van der Waals surface area contributed by atoms with Gasteiger partial charge in [-0.3, -0.25) is 4.79 Å². The van der Waals surface area contributed by atoms with Crippen molar-refractivity contribution in [1.29, 1.82) is 0 Å². The molecular formula is C24H25N3O3. The number of hydrogen-bond acceptors (Lipinski definition) is 5. The maximum absolute atomic E-state index is 12.0. The van der Waals surface area contributed by atoms with E-state index in [1.807, 2.05) is 42.5 Å². The number of ether oxygens (including phenoxy) is 1. The molecule has 2 aromatic carbocycles. The molecule has 6 heteroatoms. The number of hydrogen-bond donors (Lipinski definition) is 1. The fourth-order valence-corrected chi connectivity index (χ4v) is 3.43. The van der Waals surface area contributed by atoms with Crippen molar-refractivity contribution in [3.05, 3.63) is 66.2 Å². The molecule has 0 radical (unpaired) electrons. The molecule has 154 valence electrons. The maximum atomic E-state index is 12.0. The molecule has 0 atom stereocenters. The average Bonchev–Trinajstić information content (AvgIpc) is 3.30. The lowest BCUT2D eigenvalue weighted by atomic mass is 9.97. The Balaban J connectivity index is 1.25. The van der Waals surface area contributed by atoms with Gasteiger partial charge in [-0.05, 0) is 56.4 Å². The highest BCUT2D eigenvalue weighted by Crippen LogP contribution is 2.24. The Morgan fingerprint density at radius 3 is 2.63 bits per heavy atom. The summed E-state index contributed by atoms with van der Waals surface area (Å²) < 4.78 is 10.9. The third-order valence-corrected chi connectivity index (χ3v) is 5.08. The van der Waals surface area contributed by atoms with Crippen LogP contribution in [0.3, 0.4) is 0 Å². The molecule has 1 aliphatic rings. The van der Waals surface area contributed by atoms with Crippen LogP contribution in [0.2, 0.25) is 0 Å². The molecule has 1 aliphatic carbocycles. The van der Waals surface area contributed by atoms with E-state index in [2.05, 4.69) is 21.5 Å². The first-order valence-electron chi connectivity index (χ1n) is 10.3. The molecule has 0 spiro atoms. The minimum absolute atomic E-state index is 0.00287. The number of nitrogens with one attached hydrogen (secondary N) is 1. The summed E-state index contributed by atoms with van der Waals surface area (Å²) in [5.74, 6) is 1.49. The van der Waals surface area contributed by atoms with Crippen molar-refractivity contribution in [2.45, 2.75) is 32.1 Å². The Morgan fingerprint density at radius 2 is 1.87 bits per heavy atom. The zero-order chi connectivity index (χ0) is 20.6. The normalized spacial score (nSPS) is 13.5. The molecule has 0 saturated carbocycles. The van der Waals surface area contributed by atoms with Crippen molar-refractivity contribution >= 4 is 5.91 Å². The van der Waals surface area contributed by atoms with E-state index in [1.54, 1.807) is 12.1 Å². The summed E-state index contributed by atoms with van der Waals surface area (Å²) in [5, 5.41) is 6.95. The van der Waals surface area contributed by atoms with Crippen LogP contribution in [0.4, 0.5) is 0 Å². The molecule has 0 unspecified atom stereocenters. The van der Waals surface area contributed by atoms with Gasteiger partial charge in [-0.15, -0.1) is 0 Å². The molecule has 4 rings (SSSR count). The molecule has 1 N–H and O–H groups in total. The highest BCUT2D eigenvalue weighted by Gasteiger charge is 2.11. The third kappa shape index (κ3) is 5.35. The topological polar surface area (TPSA) is 77.2 Å². The highest BCUT2D eigenvalue weighted by atomic mass is 16.5. The van der Waals surface area contributed by atoms with Gasteiger partial charge in [0.05, 0.1) is 0 Å². The van der Waals surface area contributed by atoms with E-state index in [0.29, 0.717) is 24.0 Å². The Kier molecular flexibility index (Phi) is 6.54. The van der Waals surface area contributed by atoms with Crippen LogP contribution >= 0.6 is 0 Å². The number of aromatic nitrogens is 2. The molecular weight excluding hydrogens is 378 g/mol. The van der Waals surface area contributed by atoms with Crippen LogP contribution in [0.25, 0.3) is 22.8 Å². The fraction of sp³-hybridized carbons (Fsp3) is 0.292. The fourth-order valence-electron chi connectivity index (χ4n) is 3.43. The van der Waals surface area contributed by atoms with Gasteiger partial charge in [0.25, 0.3) is 11.8 Å². The Bertz CT molecular complexity index is 994. The quantitative estimate of drug-likeness (QED) is 0.547. The predicted molar refractivity (Wildman–Crippen MR) is 115 cm³/mol. The zero-order valence-electron chi connectivity index (χ0n) is 16.8. The van der Waals surface area contributed by atoms with E-state index in [-0.39, 0.29) is 12.5 Å². The second kappa shape index (κ2) is 9.87. The molecule has 0 fully saturated rings. The van der Waals surface area contributed by atoms with Gasteiger partial charge < -0.3 is 14.6 Å². The van der Waals surface area contributed by atoms with Crippen LogP contribution in [-0.4, -0.2) is 29.2 Å². The lowest BCUT2D eigenvalue weighted by molar-refractivity contribution is -0.123. The molecule has 0 bridgehead atoms. The van der Waals surface area contributed by atoms with Crippen molar-refractivity contribution in [2.75, 3.05) is 13.2 Å². The number of allylic oxidation sites excluding steroid dienone is 1. The van der Waals surface area contributed by atoms with E-state index >= 15 is 0 Å². The SMILES string of the molecule is O=C(COc1ccc(-c2nc(-c3ccccc3)no2)cc1)NCCC1=CCCCC1. The van der Waals surface area contributed by atoms with E-state index in [1.165, 1.54) is 24.8 Å². The van der Waals surface area contributed by atoms with Crippen molar-refractivity contribution in [3.8, 4) is 28.6 Å². The number of carbonyl (C=O) groups is 1. The number of rotatable bonds is 8. The maximum Gasteiger partial charge on any atom is 0.258 e. The first-order chi connectivity index (χ1) is 14.8. The van der Waals surface area contributed by atoms with Crippen molar-refractivity contribution in [3.63, 3.8) is 0 Å². The van der Waals surface area contributed by atoms with Crippen LogP contribution in [0.15, 0.2) is 70.8 Å². The molecule has 0 saturated heterocycles.